The molecule has 1 unspecified atom stereocenters. The molecule has 1 atom stereocenters. The lowest BCUT2D eigenvalue weighted by Crippen LogP contribution is -2.05. The number of nitro groups is 1. The highest BCUT2D eigenvalue weighted by atomic mass is 79.9. The molecule has 0 radical (unpaired) electrons. The number of fused-ring (bicyclic) bond motifs is 1. The van der Waals surface area contributed by atoms with Crippen LogP contribution < -0.4 is 4.74 Å². The molecule has 0 spiro atoms. The predicted octanol–water partition coefficient (Wildman–Crippen LogP) is 3.33. The average Bonchev–Trinajstić information content (AvgIpc) is 2.53. The van der Waals surface area contributed by atoms with Crippen LogP contribution in [-0.4, -0.2) is 11.0 Å². The van der Waals surface area contributed by atoms with E-state index in [1.54, 1.807) is 0 Å². The van der Waals surface area contributed by atoms with Crippen molar-refractivity contribution in [3.63, 3.8) is 0 Å². The molecule has 15 heavy (non-hydrogen) atoms. The Balaban J connectivity index is 2.63. The van der Waals surface area contributed by atoms with Crippen molar-refractivity contribution < 1.29 is 9.66 Å². The van der Waals surface area contributed by atoms with Gasteiger partial charge in [-0.3, -0.25) is 10.1 Å². The van der Waals surface area contributed by atoms with Crippen LogP contribution >= 0.6 is 27.5 Å². The van der Waals surface area contributed by atoms with Crippen LogP contribution in [0.5, 0.6) is 5.75 Å². The molecule has 6 heteroatoms. The SMILES string of the molecule is CC1Cc2c(Br)c([N+](=O)[O-])cc(Cl)c2O1. The van der Waals surface area contributed by atoms with Crippen LogP contribution in [0, 0.1) is 10.1 Å². The minimum absolute atomic E-state index is 0.0100. The number of halogens is 2. The average molecular weight is 293 g/mol. The van der Waals surface area contributed by atoms with Crippen molar-refractivity contribution in [1.29, 1.82) is 0 Å². The summed E-state index contributed by atoms with van der Waals surface area (Å²) in [5, 5.41) is 11.0. The highest BCUT2D eigenvalue weighted by Crippen LogP contribution is 2.44. The van der Waals surface area contributed by atoms with Gasteiger partial charge in [0.2, 0.25) is 0 Å². The quantitative estimate of drug-likeness (QED) is 0.589. The van der Waals surface area contributed by atoms with E-state index in [1.807, 2.05) is 6.92 Å². The minimum Gasteiger partial charge on any atom is -0.488 e. The van der Waals surface area contributed by atoms with Crippen molar-refractivity contribution in [3.05, 3.63) is 31.2 Å². The van der Waals surface area contributed by atoms with Crippen LogP contribution in [0.1, 0.15) is 12.5 Å². The molecule has 80 valence electrons. The lowest BCUT2D eigenvalue weighted by atomic mass is 10.1. The van der Waals surface area contributed by atoms with Crippen LogP contribution in [0.3, 0.4) is 0 Å². The van der Waals surface area contributed by atoms with Crippen molar-refractivity contribution in [2.45, 2.75) is 19.4 Å². The van der Waals surface area contributed by atoms with E-state index in [9.17, 15) is 10.1 Å². The van der Waals surface area contributed by atoms with Crippen molar-refractivity contribution in [1.82, 2.24) is 0 Å². The van der Waals surface area contributed by atoms with E-state index in [4.69, 9.17) is 16.3 Å². The van der Waals surface area contributed by atoms with Gasteiger partial charge in [0.1, 0.15) is 16.3 Å². The Kier molecular flexibility index (Phi) is 2.60. The fourth-order valence-corrected chi connectivity index (χ4v) is 2.48. The number of hydrogen-bond acceptors (Lipinski definition) is 3. The Morgan fingerprint density at radius 3 is 3.00 bits per heavy atom. The summed E-state index contributed by atoms with van der Waals surface area (Å²) in [6, 6.07) is 1.31. The molecule has 0 amide bonds. The Morgan fingerprint density at radius 1 is 1.73 bits per heavy atom. The molecular weight excluding hydrogens is 285 g/mol. The molecule has 0 saturated heterocycles. The largest absolute Gasteiger partial charge is 0.488 e. The number of ether oxygens (including phenoxy) is 1. The van der Waals surface area contributed by atoms with Crippen molar-refractivity contribution in [3.8, 4) is 5.75 Å². The second-order valence-electron chi connectivity index (χ2n) is 3.39. The molecule has 1 aromatic carbocycles. The maximum atomic E-state index is 10.7. The van der Waals surface area contributed by atoms with Gasteiger partial charge in [-0.1, -0.05) is 11.6 Å². The fraction of sp³-hybridized carbons (Fsp3) is 0.333. The van der Waals surface area contributed by atoms with Gasteiger partial charge in [-0.2, -0.15) is 0 Å². The van der Waals surface area contributed by atoms with Gasteiger partial charge in [0.25, 0.3) is 5.69 Å². The number of rotatable bonds is 1. The van der Waals surface area contributed by atoms with E-state index in [-0.39, 0.29) is 11.8 Å². The van der Waals surface area contributed by atoms with E-state index in [0.717, 1.165) is 5.56 Å². The molecule has 1 heterocycles. The number of nitrogens with zero attached hydrogens (tertiary/aromatic N) is 1. The van der Waals surface area contributed by atoms with Gasteiger partial charge in [0.15, 0.2) is 0 Å². The normalized spacial score (nSPS) is 18.5. The first-order valence-corrected chi connectivity index (χ1v) is 5.49. The summed E-state index contributed by atoms with van der Waals surface area (Å²) in [4.78, 5) is 10.3. The van der Waals surface area contributed by atoms with Crippen LogP contribution in [0.15, 0.2) is 10.5 Å². The van der Waals surface area contributed by atoms with E-state index in [0.29, 0.717) is 21.7 Å². The third-order valence-electron chi connectivity index (χ3n) is 2.25. The molecule has 1 aliphatic heterocycles. The first kappa shape index (κ1) is 10.7. The minimum atomic E-state index is -0.459. The predicted molar refractivity (Wildman–Crippen MR) is 59.6 cm³/mol. The summed E-state index contributed by atoms with van der Waals surface area (Å²) < 4.78 is 5.94. The molecular formula is C9H7BrClNO3. The Hall–Kier alpha value is -0.810. The standard InChI is InChI=1S/C9H7BrClNO3/c1-4-2-5-8(10)7(12(13)14)3-6(11)9(5)15-4/h3-4H,2H2,1H3. The zero-order chi connectivity index (χ0) is 11.2. The summed E-state index contributed by atoms with van der Waals surface area (Å²) in [5.41, 5.74) is 0.762. The summed E-state index contributed by atoms with van der Waals surface area (Å²) in [7, 11) is 0. The maximum absolute atomic E-state index is 10.7. The Labute approximate surface area is 99.5 Å². The number of nitro benzene ring substituents is 1. The monoisotopic (exact) mass is 291 g/mol. The van der Waals surface area contributed by atoms with Crippen molar-refractivity contribution in [2.24, 2.45) is 0 Å². The second kappa shape index (κ2) is 3.64. The molecule has 1 aliphatic rings. The Morgan fingerprint density at radius 2 is 2.40 bits per heavy atom. The van der Waals surface area contributed by atoms with Crippen molar-refractivity contribution >= 4 is 33.2 Å². The van der Waals surface area contributed by atoms with E-state index in [2.05, 4.69) is 15.9 Å². The van der Waals surface area contributed by atoms with Gasteiger partial charge in [0, 0.05) is 18.1 Å². The van der Waals surface area contributed by atoms with Crippen LogP contribution in [-0.2, 0) is 6.42 Å². The van der Waals surface area contributed by atoms with Gasteiger partial charge in [0.05, 0.1) is 9.95 Å². The van der Waals surface area contributed by atoms with Gasteiger partial charge in [-0.25, -0.2) is 0 Å². The van der Waals surface area contributed by atoms with Crippen molar-refractivity contribution in [2.75, 3.05) is 0 Å². The molecule has 4 nitrogen and oxygen atoms in total. The lowest BCUT2D eigenvalue weighted by Gasteiger charge is -2.05. The van der Waals surface area contributed by atoms with E-state index >= 15 is 0 Å². The first-order chi connectivity index (χ1) is 7.00. The van der Waals surface area contributed by atoms with Gasteiger partial charge >= 0.3 is 0 Å². The molecule has 0 fully saturated rings. The molecule has 0 N–H and O–H groups in total. The van der Waals surface area contributed by atoms with E-state index < -0.39 is 4.92 Å². The summed E-state index contributed by atoms with van der Waals surface area (Å²) in [6.07, 6.45) is 0.646. The zero-order valence-corrected chi connectivity index (χ0v) is 10.1. The first-order valence-electron chi connectivity index (χ1n) is 4.32. The van der Waals surface area contributed by atoms with E-state index in [1.165, 1.54) is 6.07 Å². The topological polar surface area (TPSA) is 52.4 Å². The second-order valence-corrected chi connectivity index (χ2v) is 4.59. The Bertz CT molecular complexity index is 449. The fourth-order valence-electron chi connectivity index (χ4n) is 1.62. The van der Waals surface area contributed by atoms with Crippen LogP contribution in [0.4, 0.5) is 5.69 Å². The molecule has 1 aromatic rings. The summed E-state index contributed by atoms with van der Waals surface area (Å²) in [6.45, 7) is 1.90. The summed E-state index contributed by atoms with van der Waals surface area (Å²) >= 11 is 9.12. The van der Waals surface area contributed by atoms with Crippen LogP contribution in [0.25, 0.3) is 0 Å². The van der Waals surface area contributed by atoms with Gasteiger partial charge in [-0.05, 0) is 22.9 Å². The maximum Gasteiger partial charge on any atom is 0.285 e. The lowest BCUT2D eigenvalue weighted by molar-refractivity contribution is -0.385. The molecule has 2 rings (SSSR count). The highest BCUT2D eigenvalue weighted by Gasteiger charge is 2.29. The smallest absolute Gasteiger partial charge is 0.285 e. The molecule has 0 aromatic heterocycles. The van der Waals surface area contributed by atoms with Gasteiger partial charge in [-0.15, -0.1) is 0 Å². The third kappa shape index (κ3) is 1.70. The molecule has 0 aliphatic carbocycles. The number of hydrogen-bond donors (Lipinski definition) is 0. The zero-order valence-electron chi connectivity index (χ0n) is 7.79. The summed E-state index contributed by atoms with van der Waals surface area (Å²) in [5.74, 6) is 0.557. The highest BCUT2D eigenvalue weighted by molar-refractivity contribution is 9.10. The third-order valence-corrected chi connectivity index (χ3v) is 3.42. The van der Waals surface area contributed by atoms with Crippen LogP contribution in [0.2, 0.25) is 5.02 Å². The van der Waals surface area contributed by atoms with Gasteiger partial charge < -0.3 is 4.74 Å². The molecule has 0 bridgehead atoms. The number of benzene rings is 1. The molecule has 0 saturated carbocycles.